The molecule has 0 atom stereocenters. The number of carbonyl (C=O) groups excluding carboxylic acids is 1. The molecule has 0 aliphatic carbocycles. The second-order valence-electron chi connectivity index (χ2n) is 7.28. The fraction of sp³-hybridized carbons (Fsp3) is 0.125. The second kappa shape index (κ2) is 10.1. The molecular formula is C24H19ClF3N5O2. The lowest BCUT2D eigenvalue weighted by Crippen LogP contribution is -2.19. The number of nitrogens with zero attached hydrogens (tertiary/aromatic N) is 3. The summed E-state index contributed by atoms with van der Waals surface area (Å²) < 4.78 is 45.8. The SMILES string of the molecule is CCOc1nc(-c2ccc(C(F)(F)F)cc2)n(-c2cccc(NC(=O)Nc3cccc(Cl)c3)c2)n1. The lowest BCUT2D eigenvalue weighted by molar-refractivity contribution is -0.137. The molecular weight excluding hydrogens is 483 g/mol. The van der Waals surface area contributed by atoms with E-state index in [1.165, 1.54) is 16.8 Å². The summed E-state index contributed by atoms with van der Waals surface area (Å²) in [6.07, 6.45) is -4.45. The summed E-state index contributed by atoms with van der Waals surface area (Å²) in [5.74, 6) is 0.280. The zero-order valence-corrected chi connectivity index (χ0v) is 19.1. The molecule has 1 aromatic heterocycles. The predicted octanol–water partition coefficient (Wildman–Crippen LogP) is 6.65. The molecule has 0 bridgehead atoms. The molecule has 0 radical (unpaired) electrons. The van der Waals surface area contributed by atoms with E-state index >= 15 is 0 Å². The standard InChI is InChI=1S/C24H19ClF3N5O2/c1-2-35-23-31-21(15-9-11-16(12-10-15)24(26,27)28)33(32-23)20-8-4-7-19(14-20)30-22(34)29-18-6-3-5-17(25)13-18/h3-14H,2H2,1H3,(H2,29,30,34). The van der Waals surface area contributed by atoms with Gasteiger partial charge in [-0.3, -0.25) is 0 Å². The van der Waals surface area contributed by atoms with E-state index < -0.39 is 17.8 Å². The number of alkyl halides is 3. The van der Waals surface area contributed by atoms with E-state index in [1.807, 2.05) is 0 Å². The van der Waals surface area contributed by atoms with E-state index in [2.05, 4.69) is 20.7 Å². The number of rotatable bonds is 6. The minimum Gasteiger partial charge on any atom is -0.463 e. The van der Waals surface area contributed by atoms with E-state index in [-0.39, 0.29) is 11.8 Å². The van der Waals surface area contributed by atoms with Crippen LogP contribution in [0.3, 0.4) is 0 Å². The lowest BCUT2D eigenvalue weighted by atomic mass is 10.1. The number of urea groups is 1. The summed E-state index contributed by atoms with van der Waals surface area (Å²) >= 11 is 5.94. The smallest absolute Gasteiger partial charge is 0.416 e. The Labute approximate surface area is 203 Å². The summed E-state index contributed by atoms with van der Waals surface area (Å²) in [5.41, 5.74) is 1.13. The third kappa shape index (κ3) is 5.90. The van der Waals surface area contributed by atoms with Gasteiger partial charge in [0.2, 0.25) is 0 Å². The Hall–Kier alpha value is -4.05. The minimum atomic E-state index is -4.45. The Morgan fingerprint density at radius 2 is 1.66 bits per heavy atom. The maximum absolute atomic E-state index is 13.0. The molecule has 3 aromatic carbocycles. The Bertz CT molecular complexity index is 1340. The molecule has 0 saturated heterocycles. The van der Waals surface area contributed by atoms with Gasteiger partial charge in [0.05, 0.1) is 17.9 Å². The number of nitrogens with one attached hydrogen (secondary N) is 2. The first kappa shape index (κ1) is 24.1. The van der Waals surface area contributed by atoms with Crippen molar-refractivity contribution in [3.05, 3.63) is 83.4 Å². The van der Waals surface area contributed by atoms with Gasteiger partial charge in [0.25, 0.3) is 0 Å². The summed E-state index contributed by atoms with van der Waals surface area (Å²) in [5, 5.41) is 10.2. The summed E-state index contributed by atoms with van der Waals surface area (Å²) in [4.78, 5) is 16.7. The lowest BCUT2D eigenvalue weighted by Gasteiger charge is -2.11. The highest BCUT2D eigenvalue weighted by molar-refractivity contribution is 6.30. The fourth-order valence-electron chi connectivity index (χ4n) is 3.23. The van der Waals surface area contributed by atoms with E-state index in [4.69, 9.17) is 16.3 Å². The summed E-state index contributed by atoms with van der Waals surface area (Å²) in [6, 6.07) is 17.6. The summed E-state index contributed by atoms with van der Waals surface area (Å²) in [7, 11) is 0. The average Bonchev–Trinajstić information content (AvgIpc) is 3.23. The number of benzene rings is 3. The van der Waals surface area contributed by atoms with E-state index in [0.29, 0.717) is 34.3 Å². The van der Waals surface area contributed by atoms with Crippen LogP contribution in [-0.4, -0.2) is 27.4 Å². The molecule has 4 aromatic rings. The van der Waals surface area contributed by atoms with Crippen molar-refractivity contribution in [2.75, 3.05) is 17.2 Å². The Balaban J connectivity index is 1.62. The maximum atomic E-state index is 13.0. The van der Waals surface area contributed by atoms with Gasteiger partial charge in [0, 0.05) is 22.0 Å². The number of carbonyl (C=O) groups is 1. The highest BCUT2D eigenvalue weighted by Gasteiger charge is 2.30. The van der Waals surface area contributed by atoms with Crippen LogP contribution in [0.1, 0.15) is 12.5 Å². The topological polar surface area (TPSA) is 81.1 Å². The van der Waals surface area contributed by atoms with Gasteiger partial charge < -0.3 is 15.4 Å². The van der Waals surface area contributed by atoms with E-state index in [9.17, 15) is 18.0 Å². The largest absolute Gasteiger partial charge is 0.463 e. The van der Waals surface area contributed by atoms with Crippen LogP contribution in [0.25, 0.3) is 17.1 Å². The third-order valence-corrected chi connectivity index (χ3v) is 5.00. The molecule has 0 fully saturated rings. The van der Waals surface area contributed by atoms with E-state index in [1.54, 1.807) is 55.5 Å². The summed E-state index contributed by atoms with van der Waals surface area (Å²) in [6.45, 7) is 2.07. The molecule has 35 heavy (non-hydrogen) atoms. The molecule has 0 saturated carbocycles. The van der Waals surface area contributed by atoms with Crippen LogP contribution in [0.2, 0.25) is 5.02 Å². The van der Waals surface area contributed by atoms with Crippen molar-refractivity contribution in [1.29, 1.82) is 0 Å². The molecule has 7 nitrogen and oxygen atoms in total. The first-order valence-corrected chi connectivity index (χ1v) is 10.8. The first-order chi connectivity index (χ1) is 16.7. The van der Waals surface area contributed by atoms with Gasteiger partial charge >= 0.3 is 18.2 Å². The predicted molar refractivity (Wildman–Crippen MR) is 127 cm³/mol. The van der Waals surface area contributed by atoms with Crippen LogP contribution in [0.5, 0.6) is 6.01 Å². The van der Waals surface area contributed by atoms with Gasteiger partial charge in [0.1, 0.15) is 0 Å². The van der Waals surface area contributed by atoms with Crippen LogP contribution < -0.4 is 15.4 Å². The fourth-order valence-corrected chi connectivity index (χ4v) is 3.42. The van der Waals surface area contributed by atoms with Gasteiger partial charge in [0.15, 0.2) is 5.82 Å². The van der Waals surface area contributed by atoms with Crippen molar-refractivity contribution in [2.45, 2.75) is 13.1 Å². The molecule has 0 spiro atoms. The van der Waals surface area contributed by atoms with Crippen molar-refractivity contribution in [2.24, 2.45) is 0 Å². The van der Waals surface area contributed by atoms with Crippen molar-refractivity contribution in [1.82, 2.24) is 14.8 Å². The van der Waals surface area contributed by atoms with Crippen LogP contribution >= 0.6 is 11.6 Å². The van der Waals surface area contributed by atoms with Crippen molar-refractivity contribution < 1.29 is 22.7 Å². The normalized spacial score (nSPS) is 11.2. The Morgan fingerprint density at radius 1 is 1.00 bits per heavy atom. The molecule has 2 amide bonds. The zero-order chi connectivity index (χ0) is 25.0. The third-order valence-electron chi connectivity index (χ3n) is 4.76. The van der Waals surface area contributed by atoms with Gasteiger partial charge in [-0.05, 0) is 55.5 Å². The molecule has 1 heterocycles. The Kier molecular flexibility index (Phi) is 6.92. The number of aromatic nitrogens is 3. The van der Waals surface area contributed by atoms with Crippen LogP contribution in [-0.2, 0) is 6.18 Å². The molecule has 180 valence electrons. The number of hydrogen-bond donors (Lipinski definition) is 2. The number of amides is 2. The number of hydrogen-bond acceptors (Lipinski definition) is 4. The number of ether oxygens (including phenoxy) is 1. The second-order valence-corrected chi connectivity index (χ2v) is 7.71. The number of anilines is 2. The highest BCUT2D eigenvalue weighted by Crippen LogP contribution is 2.32. The molecule has 4 rings (SSSR count). The molecule has 0 aliphatic rings. The quantitative estimate of drug-likeness (QED) is 0.310. The van der Waals surface area contributed by atoms with Crippen LogP contribution in [0.4, 0.5) is 29.3 Å². The van der Waals surface area contributed by atoms with E-state index in [0.717, 1.165) is 12.1 Å². The zero-order valence-electron chi connectivity index (χ0n) is 18.3. The number of halogens is 4. The van der Waals surface area contributed by atoms with Crippen molar-refractivity contribution >= 4 is 29.0 Å². The van der Waals surface area contributed by atoms with Gasteiger partial charge in [-0.25, -0.2) is 9.48 Å². The maximum Gasteiger partial charge on any atom is 0.416 e. The Morgan fingerprint density at radius 3 is 2.29 bits per heavy atom. The van der Waals surface area contributed by atoms with Crippen LogP contribution in [0.15, 0.2) is 72.8 Å². The molecule has 0 aliphatic heterocycles. The van der Waals surface area contributed by atoms with Crippen LogP contribution in [0, 0.1) is 0 Å². The highest BCUT2D eigenvalue weighted by atomic mass is 35.5. The van der Waals surface area contributed by atoms with Gasteiger partial charge in [-0.15, -0.1) is 5.10 Å². The van der Waals surface area contributed by atoms with Gasteiger partial charge in [-0.1, -0.05) is 35.9 Å². The average molecular weight is 502 g/mol. The molecule has 11 heteroatoms. The first-order valence-electron chi connectivity index (χ1n) is 10.4. The molecule has 2 N–H and O–H groups in total. The van der Waals surface area contributed by atoms with Crippen molar-refractivity contribution in [3.8, 4) is 23.1 Å². The van der Waals surface area contributed by atoms with Crippen molar-refractivity contribution in [3.63, 3.8) is 0 Å². The molecule has 0 unspecified atom stereocenters. The van der Waals surface area contributed by atoms with Gasteiger partial charge in [-0.2, -0.15) is 18.2 Å². The monoisotopic (exact) mass is 501 g/mol. The minimum absolute atomic E-state index is 0.0689.